The molecule has 0 saturated heterocycles. The van der Waals surface area contributed by atoms with Crippen LogP contribution >= 0.6 is 24.0 Å². The van der Waals surface area contributed by atoms with Gasteiger partial charge in [0, 0.05) is 49.1 Å². The Morgan fingerprint density at radius 1 is 1.15 bits per heavy atom. The summed E-state index contributed by atoms with van der Waals surface area (Å²) >= 11 is 0. The van der Waals surface area contributed by atoms with E-state index in [4.69, 9.17) is 4.99 Å². The highest BCUT2D eigenvalue weighted by Gasteiger charge is 2.06. The third kappa shape index (κ3) is 6.56. The van der Waals surface area contributed by atoms with Gasteiger partial charge < -0.3 is 20.2 Å². The Kier molecular flexibility index (Phi) is 8.87. The molecular weight excluding hydrogens is 530 g/mol. The number of aromatic nitrogens is 3. The van der Waals surface area contributed by atoms with Crippen molar-refractivity contribution in [3.05, 3.63) is 89.4 Å². The summed E-state index contributed by atoms with van der Waals surface area (Å²) < 4.78 is 15.7. The first-order chi connectivity index (χ1) is 15.6. The topological polar surface area (TPSA) is 70.0 Å². The molecule has 174 valence electrons. The fraction of sp³-hybridized carbons (Fsp3) is 0.280. The van der Waals surface area contributed by atoms with Crippen LogP contribution in [0.3, 0.4) is 0 Å². The lowest BCUT2D eigenvalue weighted by atomic mass is 10.1. The summed E-state index contributed by atoms with van der Waals surface area (Å²) in [4.78, 5) is 12.2. The molecule has 0 aliphatic carbocycles. The highest BCUT2D eigenvalue weighted by molar-refractivity contribution is 14.0. The van der Waals surface area contributed by atoms with Gasteiger partial charge >= 0.3 is 0 Å². The second-order valence-electron chi connectivity index (χ2n) is 7.80. The SMILES string of the molecule is CCNC(=NCc1cccc(Cn2ccnc2C)c1)NCCc1c[nH]c2ccc(F)cc12.I. The summed E-state index contributed by atoms with van der Waals surface area (Å²) in [6.45, 7) is 6.93. The molecule has 4 rings (SSSR count). The van der Waals surface area contributed by atoms with E-state index in [-0.39, 0.29) is 29.8 Å². The van der Waals surface area contributed by atoms with Gasteiger partial charge in [0.05, 0.1) is 6.54 Å². The molecule has 0 atom stereocenters. The first-order valence-corrected chi connectivity index (χ1v) is 11.0. The van der Waals surface area contributed by atoms with Crippen molar-refractivity contribution in [2.75, 3.05) is 13.1 Å². The van der Waals surface area contributed by atoms with Gasteiger partial charge in [-0.05, 0) is 55.2 Å². The number of benzene rings is 2. The number of rotatable bonds is 8. The molecule has 0 aliphatic rings. The maximum atomic E-state index is 13.6. The van der Waals surface area contributed by atoms with Gasteiger partial charge in [-0.15, -0.1) is 24.0 Å². The van der Waals surface area contributed by atoms with Crippen LogP contribution in [0, 0.1) is 12.7 Å². The predicted molar refractivity (Wildman–Crippen MR) is 143 cm³/mol. The van der Waals surface area contributed by atoms with Crippen molar-refractivity contribution in [1.29, 1.82) is 0 Å². The Bertz CT molecular complexity index is 1210. The van der Waals surface area contributed by atoms with E-state index >= 15 is 0 Å². The number of aromatic amines is 1. The molecule has 3 N–H and O–H groups in total. The number of aliphatic imine (C=N–C) groups is 1. The molecule has 0 fully saturated rings. The van der Waals surface area contributed by atoms with Crippen molar-refractivity contribution in [1.82, 2.24) is 25.2 Å². The highest BCUT2D eigenvalue weighted by atomic mass is 127. The molecule has 0 bridgehead atoms. The van der Waals surface area contributed by atoms with Crippen LogP contribution in [-0.4, -0.2) is 33.6 Å². The van der Waals surface area contributed by atoms with Crippen molar-refractivity contribution >= 4 is 40.8 Å². The van der Waals surface area contributed by atoms with Crippen molar-refractivity contribution in [3.8, 4) is 0 Å². The molecule has 2 heterocycles. The van der Waals surface area contributed by atoms with E-state index in [0.717, 1.165) is 53.3 Å². The van der Waals surface area contributed by atoms with Crippen LogP contribution in [0.4, 0.5) is 4.39 Å². The van der Waals surface area contributed by atoms with Crippen LogP contribution in [0.5, 0.6) is 0 Å². The first-order valence-electron chi connectivity index (χ1n) is 11.0. The zero-order valence-electron chi connectivity index (χ0n) is 18.9. The van der Waals surface area contributed by atoms with Gasteiger partial charge in [0.25, 0.3) is 0 Å². The Balaban J connectivity index is 0.00000306. The maximum Gasteiger partial charge on any atom is 0.191 e. The van der Waals surface area contributed by atoms with Gasteiger partial charge in [0.2, 0.25) is 0 Å². The zero-order valence-corrected chi connectivity index (χ0v) is 21.3. The average Bonchev–Trinajstić information content (AvgIpc) is 3.38. The average molecular weight is 560 g/mol. The molecular formula is C25H30FIN6. The molecule has 2 aromatic carbocycles. The molecule has 0 saturated carbocycles. The molecule has 0 spiro atoms. The van der Waals surface area contributed by atoms with Crippen LogP contribution < -0.4 is 10.6 Å². The van der Waals surface area contributed by atoms with Gasteiger partial charge in [-0.3, -0.25) is 0 Å². The fourth-order valence-corrected chi connectivity index (χ4v) is 3.78. The number of imidazole rings is 1. The largest absolute Gasteiger partial charge is 0.361 e. The number of guanidine groups is 1. The summed E-state index contributed by atoms with van der Waals surface area (Å²) in [7, 11) is 0. The summed E-state index contributed by atoms with van der Waals surface area (Å²) in [5, 5.41) is 7.61. The van der Waals surface area contributed by atoms with E-state index in [2.05, 4.69) is 49.4 Å². The number of fused-ring (bicyclic) bond motifs is 1. The Morgan fingerprint density at radius 3 is 2.79 bits per heavy atom. The van der Waals surface area contributed by atoms with E-state index in [1.54, 1.807) is 12.1 Å². The lowest BCUT2D eigenvalue weighted by Crippen LogP contribution is -2.38. The molecule has 6 nitrogen and oxygen atoms in total. The maximum absolute atomic E-state index is 13.6. The number of H-pyrrole nitrogens is 1. The third-order valence-electron chi connectivity index (χ3n) is 5.45. The second kappa shape index (κ2) is 11.8. The molecule has 4 aromatic rings. The van der Waals surface area contributed by atoms with E-state index in [1.165, 1.54) is 11.6 Å². The third-order valence-corrected chi connectivity index (χ3v) is 5.45. The van der Waals surface area contributed by atoms with Gasteiger partial charge in [0.1, 0.15) is 11.6 Å². The van der Waals surface area contributed by atoms with Gasteiger partial charge in [-0.25, -0.2) is 14.4 Å². The Morgan fingerprint density at radius 2 is 2.00 bits per heavy atom. The fourth-order valence-electron chi connectivity index (χ4n) is 3.78. The monoisotopic (exact) mass is 560 g/mol. The normalized spacial score (nSPS) is 11.4. The Hall–Kier alpha value is -2.88. The summed E-state index contributed by atoms with van der Waals surface area (Å²) in [5.41, 5.74) is 4.42. The summed E-state index contributed by atoms with van der Waals surface area (Å²) in [6, 6.07) is 13.3. The molecule has 0 amide bonds. The highest BCUT2D eigenvalue weighted by Crippen LogP contribution is 2.19. The second-order valence-corrected chi connectivity index (χ2v) is 7.80. The van der Waals surface area contributed by atoms with Crippen molar-refractivity contribution < 1.29 is 4.39 Å². The molecule has 0 unspecified atom stereocenters. The van der Waals surface area contributed by atoms with E-state index < -0.39 is 0 Å². The number of hydrogen-bond acceptors (Lipinski definition) is 2. The predicted octanol–water partition coefficient (Wildman–Crippen LogP) is 4.78. The first kappa shape index (κ1) is 24.8. The molecule has 0 radical (unpaired) electrons. The minimum absolute atomic E-state index is 0. The summed E-state index contributed by atoms with van der Waals surface area (Å²) in [5.74, 6) is 1.56. The molecule has 2 aromatic heterocycles. The smallest absolute Gasteiger partial charge is 0.191 e. The van der Waals surface area contributed by atoms with Crippen LogP contribution in [0.1, 0.15) is 29.4 Å². The minimum atomic E-state index is -0.216. The van der Waals surface area contributed by atoms with Crippen molar-refractivity contribution in [2.24, 2.45) is 4.99 Å². The van der Waals surface area contributed by atoms with Gasteiger partial charge in [0.15, 0.2) is 5.96 Å². The number of halogens is 2. The number of nitrogens with zero attached hydrogens (tertiary/aromatic N) is 3. The molecule has 8 heteroatoms. The zero-order chi connectivity index (χ0) is 22.3. The van der Waals surface area contributed by atoms with Crippen LogP contribution in [0.15, 0.2) is 66.0 Å². The van der Waals surface area contributed by atoms with E-state index in [1.807, 2.05) is 32.4 Å². The number of hydrogen-bond donors (Lipinski definition) is 3. The standard InChI is InChI=1S/C25H29FN6.HI/c1-3-27-25(29-10-9-21-16-30-24-8-7-22(26)14-23(21)24)31-15-19-5-4-6-20(13-19)17-32-12-11-28-18(32)2;/h4-8,11-14,16,30H,3,9-10,15,17H2,1-2H3,(H2,27,29,31);1H. The van der Waals surface area contributed by atoms with Gasteiger partial charge in [-0.1, -0.05) is 24.3 Å². The van der Waals surface area contributed by atoms with Crippen molar-refractivity contribution in [3.63, 3.8) is 0 Å². The number of aryl methyl sites for hydroxylation is 1. The van der Waals surface area contributed by atoms with Gasteiger partial charge in [-0.2, -0.15) is 0 Å². The van der Waals surface area contributed by atoms with Crippen LogP contribution in [-0.2, 0) is 19.5 Å². The Labute approximate surface area is 210 Å². The van der Waals surface area contributed by atoms with E-state index in [0.29, 0.717) is 13.1 Å². The molecule has 0 aliphatic heterocycles. The number of nitrogens with one attached hydrogen (secondary N) is 3. The lowest BCUT2D eigenvalue weighted by molar-refractivity contribution is 0.629. The minimum Gasteiger partial charge on any atom is -0.361 e. The quantitative estimate of drug-likeness (QED) is 0.165. The molecule has 33 heavy (non-hydrogen) atoms. The van der Waals surface area contributed by atoms with E-state index in [9.17, 15) is 4.39 Å². The van der Waals surface area contributed by atoms with Crippen molar-refractivity contribution in [2.45, 2.75) is 33.4 Å². The van der Waals surface area contributed by atoms with Crippen LogP contribution in [0.25, 0.3) is 10.9 Å². The lowest BCUT2D eigenvalue weighted by Gasteiger charge is -2.12. The van der Waals surface area contributed by atoms with Crippen LogP contribution in [0.2, 0.25) is 0 Å². The summed E-state index contributed by atoms with van der Waals surface area (Å²) in [6.07, 6.45) is 6.54.